The summed E-state index contributed by atoms with van der Waals surface area (Å²) >= 11 is 0. The first-order chi connectivity index (χ1) is 10.1. The third-order valence-corrected chi connectivity index (χ3v) is 5.60. The molecule has 0 aromatic carbocycles. The van der Waals surface area contributed by atoms with E-state index in [9.17, 15) is 26.3 Å². The second kappa shape index (κ2) is 6.21. The Morgan fingerprint density at radius 3 is 1.41 bits per heavy atom. The molecule has 7 heteroatoms. The predicted molar refractivity (Wildman–Crippen MR) is 71.1 cm³/mol. The molecule has 0 unspecified atom stereocenters. The van der Waals surface area contributed by atoms with Gasteiger partial charge in [0.25, 0.3) is 0 Å². The first-order valence-electron chi connectivity index (χ1n) is 7.99. The fourth-order valence-electron chi connectivity index (χ4n) is 4.55. The molecular weight excluding hydrogens is 308 g/mol. The average molecular weight is 331 g/mol. The van der Waals surface area contributed by atoms with E-state index >= 15 is 0 Å². The molecule has 0 aliphatic heterocycles. The van der Waals surface area contributed by atoms with Crippen LogP contribution >= 0.6 is 0 Å². The molecule has 2 aliphatic carbocycles. The number of halogens is 6. The Hall–Kier alpha value is -0.460. The molecule has 0 atom stereocenters. The number of hydrogen-bond acceptors (Lipinski definition) is 1. The average Bonchev–Trinajstić information content (AvgIpc) is 2.39. The molecule has 0 radical (unpaired) electrons. The van der Waals surface area contributed by atoms with Crippen LogP contribution in [0, 0.1) is 17.3 Å². The number of hydrogen-bond donors (Lipinski definition) is 1. The molecule has 0 heterocycles. The summed E-state index contributed by atoms with van der Waals surface area (Å²) in [6.07, 6.45) is -8.57. The molecule has 0 saturated heterocycles. The predicted octanol–water partition coefficient (Wildman–Crippen LogP) is 5.20. The summed E-state index contributed by atoms with van der Waals surface area (Å²) in [6, 6.07) is -0.276. The molecule has 0 bridgehead atoms. The molecule has 2 rings (SSSR count). The largest absolute Gasteiger partial charge is 0.403 e. The van der Waals surface area contributed by atoms with Crippen LogP contribution in [0.5, 0.6) is 0 Å². The SMILES string of the molecule is NC1CCC(C(C2CCCCC2)(C(F)(F)F)C(F)(F)F)CC1. The van der Waals surface area contributed by atoms with Crippen molar-refractivity contribution in [3.63, 3.8) is 0 Å². The topological polar surface area (TPSA) is 26.0 Å². The van der Waals surface area contributed by atoms with Gasteiger partial charge in [-0.1, -0.05) is 19.3 Å². The molecule has 0 aromatic rings. The summed E-state index contributed by atoms with van der Waals surface area (Å²) in [5.41, 5.74) is 2.12. The van der Waals surface area contributed by atoms with Crippen LogP contribution in [-0.2, 0) is 0 Å². The van der Waals surface area contributed by atoms with E-state index in [1.807, 2.05) is 0 Å². The van der Waals surface area contributed by atoms with Crippen LogP contribution in [0.15, 0.2) is 0 Å². The lowest BCUT2D eigenvalue weighted by Crippen LogP contribution is -2.60. The van der Waals surface area contributed by atoms with Crippen molar-refractivity contribution in [3.8, 4) is 0 Å². The summed E-state index contributed by atoms with van der Waals surface area (Å²) in [5.74, 6) is -2.74. The molecular formula is C15H23F6N. The van der Waals surface area contributed by atoms with Gasteiger partial charge in [0.15, 0.2) is 5.41 Å². The highest BCUT2D eigenvalue weighted by molar-refractivity contribution is 5.04. The number of nitrogens with two attached hydrogens (primary N) is 1. The highest BCUT2D eigenvalue weighted by atomic mass is 19.4. The molecule has 0 spiro atoms. The standard InChI is InChI=1S/C15H23F6N/c16-14(17,18)13(15(19,20)21,10-4-2-1-3-5-10)11-6-8-12(22)9-7-11/h10-12H,1-9,22H2. The second-order valence-corrected chi connectivity index (χ2v) is 6.81. The lowest BCUT2D eigenvalue weighted by Gasteiger charge is -2.50. The van der Waals surface area contributed by atoms with Gasteiger partial charge in [0, 0.05) is 6.04 Å². The maximum Gasteiger partial charge on any atom is 0.403 e. The Balaban J connectivity index is 2.45. The van der Waals surface area contributed by atoms with E-state index in [2.05, 4.69) is 0 Å². The van der Waals surface area contributed by atoms with Gasteiger partial charge in [-0.2, -0.15) is 26.3 Å². The van der Waals surface area contributed by atoms with Gasteiger partial charge < -0.3 is 5.73 Å². The van der Waals surface area contributed by atoms with Gasteiger partial charge in [-0.3, -0.25) is 0 Å². The van der Waals surface area contributed by atoms with E-state index < -0.39 is 29.6 Å². The van der Waals surface area contributed by atoms with Crippen molar-refractivity contribution in [1.29, 1.82) is 0 Å². The van der Waals surface area contributed by atoms with Gasteiger partial charge in [-0.25, -0.2) is 0 Å². The fraction of sp³-hybridized carbons (Fsp3) is 1.00. The third-order valence-electron chi connectivity index (χ3n) is 5.60. The van der Waals surface area contributed by atoms with Crippen molar-refractivity contribution in [1.82, 2.24) is 0 Å². The van der Waals surface area contributed by atoms with E-state index in [4.69, 9.17) is 5.73 Å². The maximum atomic E-state index is 13.8. The Morgan fingerprint density at radius 2 is 1.00 bits per heavy atom. The van der Waals surface area contributed by atoms with Crippen LogP contribution in [0.2, 0.25) is 0 Å². The Morgan fingerprint density at radius 1 is 0.591 bits per heavy atom. The van der Waals surface area contributed by atoms with Crippen LogP contribution in [0.3, 0.4) is 0 Å². The lowest BCUT2D eigenvalue weighted by atomic mass is 9.57. The van der Waals surface area contributed by atoms with E-state index in [0.717, 1.165) is 6.42 Å². The summed E-state index contributed by atoms with van der Waals surface area (Å²) in [4.78, 5) is 0. The number of alkyl halides is 6. The van der Waals surface area contributed by atoms with Crippen molar-refractivity contribution in [3.05, 3.63) is 0 Å². The van der Waals surface area contributed by atoms with Crippen molar-refractivity contribution in [2.75, 3.05) is 0 Å². The fourth-order valence-corrected chi connectivity index (χ4v) is 4.55. The van der Waals surface area contributed by atoms with Crippen LogP contribution in [0.4, 0.5) is 26.3 Å². The zero-order chi connectivity index (χ0) is 16.6. The van der Waals surface area contributed by atoms with Gasteiger partial charge in [-0.15, -0.1) is 0 Å². The van der Waals surface area contributed by atoms with Gasteiger partial charge >= 0.3 is 12.4 Å². The van der Waals surface area contributed by atoms with Gasteiger partial charge in [-0.05, 0) is 50.4 Å². The van der Waals surface area contributed by atoms with E-state index in [1.165, 1.54) is 0 Å². The molecule has 2 aliphatic rings. The zero-order valence-electron chi connectivity index (χ0n) is 12.4. The van der Waals surface area contributed by atoms with Crippen LogP contribution in [0.25, 0.3) is 0 Å². The Bertz CT molecular complexity index is 347. The maximum absolute atomic E-state index is 13.8. The summed E-state index contributed by atoms with van der Waals surface area (Å²) in [7, 11) is 0. The van der Waals surface area contributed by atoms with Gasteiger partial charge in [0.05, 0.1) is 0 Å². The Kier molecular flexibility index (Phi) is 5.05. The second-order valence-electron chi connectivity index (χ2n) is 6.81. The van der Waals surface area contributed by atoms with E-state index in [1.54, 1.807) is 0 Å². The summed E-state index contributed by atoms with van der Waals surface area (Å²) in [6.45, 7) is 0. The highest BCUT2D eigenvalue weighted by Crippen LogP contribution is 2.64. The van der Waals surface area contributed by atoms with Crippen molar-refractivity contribution >= 4 is 0 Å². The van der Waals surface area contributed by atoms with Gasteiger partial charge in [0.1, 0.15) is 0 Å². The third kappa shape index (κ3) is 2.97. The van der Waals surface area contributed by atoms with Crippen LogP contribution in [-0.4, -0.2) is 18.4 Å². The minimum absolute atomic E-state index is 0.0154. The molecule has 2 N–H and O–H groups in total. The molecule has 0 amide bonds. The molecule has 1 nitrogen and oxygen atoms in total. The summed E-state index contributed by atoms with van der Waals surface area (Å²) in [5, 5.41) is 0. The monoisotopic (exact) mass is 331 g/mol. The first kappa shape index (κ1) is 17.9. The van der Waals surface area contributed by atoms with Crippen molar-refractivity contribution in [2.45, 2.75) is 76.2 Å². The zero-order valence-corrected chi connectivity index (χ0v) is 12.4. The number of rotatable bonds is 2. The summed E-state index contributed by atoms with van der Waals surface area (Å²) < 4.78 is 82.7. The molecule has 0 aromatic heterocycles. The molecule has 2 saturated carbocycles. The molecule has 2 fully saturated rings. The quantitative estimate of drug-likeness (QED) is 0.692. The minimum atomic E-state index is -5.26. The van der Waals surface area contributed by atoms with Crippen molar-refractivity contribution in [2.24, 2.45) is 23.0 Å². The minimum Gasteiger partial charge on any atom is -0.328 e. The first-order valence-corrected chi connectivity index (χ1v) is 7.99. The highest BCUT2D eigenvalue weighted by Gasteiger charge is 2.76. The molecule has 22 heavy (non-hydrogen) atoms. The van der Waals surface area contributed by atoms with Gasteiger partial charge in [0.2, 0.25) is 0 Å². The molecule has 130 valence electrons. The van der Waals surface area contributed by atoms with E-state index in [-0.39, 0.29) is 44.6 Å². The van der Waals surface area contributed by atoms with Crippen LogP contribution < -0.4 is 5.73 Å². The van der Waals surface area contributed by atoms with Crippen molar-refractivity contribution < 1.29 is 26.3 Å². The Labute approximate surface area is 126 Å². The lowest BCUT2D eigenvalue weighted by molar-refractivity contribution is -0.381. The van der Waals surface area contributed by atoms with E-state index in [0.29, 0.717) is 12.8 Å². The normalized spacial score (nSPS) is 29.6. The smallest absolute Gasteiger partial charge is 0.328 e. The van der Waals surface area contributed by atoms with Crippen LogP contribution in [0.1, 0.15) is 57.8 Å².